The zero-order valence-electron chi connectivity index (χ0n) is 12.7. The number of amides is 1. The second-order valence-corrected chi connectivity index (χ2v) is 5.11. The van der Waals surface area contributed by atoms with Crippen LogP contribution in [0.1, 0.15) is 25.8 Å². The van der Waals surface area contributed by atoms with Crippen LogP contribution in [0.3, 0.4) is 0 Å². The summed E-state index contributed by atoms with van der Waals surface area (Å²) in [6.45, 7) is 4.80. The van der Waals surface area contributed by atoms with Gasteiger partial charge in [-0.15, -0.1) is 0 Å². The summed E-state index contributed by atoms with van der Waals surface area (Å²) in [5.41, 5.74) is 6.51. The summed E-state index contributed by atoms with van der Waals surface area (Å²) in [4.78, 5) is 11.9. The molecule has 6 heteroatoms. The molecule has 0 aliphatic rings. The summed E-state index contributed by atoms with van der Waals surface area (Å²) in [5, 5.41) is 3.19. The van der Waals surface area contributed by atoms with Gasteiger partial charge in [0, 0.05) is 6.54 Å². The van der Waals surface area contributed by atoms with Crippen LogP contribution in [0.15, 0.2) is 12.1 Å². The van der Waals surface area contributed by atoms with Crippen LogP contribution in [-0.2, 0) is 11.2 Å². The quantitative estimate of drug-likeness (QED) is 0.771. The maximum Gasteiger partial charge on any atom is 0.260 e. The van der Waals surface area contributed by atoms with Gasteiger partial charge in [0.25, 0.3) is 5.91 Å². The van der Waals surface area contributed by atoms with Crippen LogP contribution >= 0.6 is 11.6 Å². The summed E-state index contributed by atoms with van der Waals surface area (Å²) in [6, 6.07) is 3.60. The molecule has 118 valence electrons. The van der Waals surface area contributed by atoms with Crippen molar-refractivity contribution in [2.24, 2.45) is 5.73 Å². The molecule has 21 heavy (non-hydrogen) atoms. The summed E-state index contributed by atoms with van der Waals surface area (Å²) in [5.74, 6) is 0.696. The molecule has 0 saturated carbocycles. The molecule has 0 spiro atoms. The highest BCUT2D eigenvalue weighted by atomic mass is 35.5. The van der Waals surface area contributed by atoms with E-state index >= 15 is 0 Å². The van der Waals surface area contributed by atoms with Crippen molar-refractivity contribution >= 4 is 17.5 Å². The van der Waals surface area contributed by atoms with E-state index < -0.39 is 6.10 Å². The standard InChI is InChI=1S/C15H23ClN2O3/c1-4-7-18-15(19)10(2)21-14-12(16)8-11(5-6-17)9-13(14)20-3/h8-10H,4-7,17H2,1-3H3,(H,18,19). The van der Waals surface area contributed by atoms with Crippen LogP contribution in [0.5, 0.6) is 11.5 Å². The van der Waals surface area contributed by atoms with Crippen molar-refractivity contribution in [2.45, 2.75) is 32.8 Å². The van der Waals surface area contributed by atoms with Crippen molar-refractivity contribution in [1.82, 2.24) is 5.32 Å². The first-order chi connectivity index (χ1) is 10.0. The summed E-state index contributed by atoms with van der Waals surface area (Å²) < 4.78 is 11.0. The average Bonchev–Trinajstić information content (AvgIpc) is 2.47. The van der Waals surface area contributed by atoms with Crippen LogP contribution in [0.25, 0.3) is 0 Å². The lowest BCUT2D eigenvalue weighted by molar-refractivity contribution is -0.127. The van der Waals surface area contributed by atoms with Gasteiger partial charge < -0.3 is 20.5 Å². The number of halogens is 1. The molecule has 0 heterocycles. The number of nitrogens with one attached hydrogen (secondary N) is 1. The highest BCUT2D eigenvalue weighted by molar-refractivity contribution is 6.32. The Balaban J connectivity index is 2.89. The molecule has 1 aromatic carbocycles. The molecule has 0 saturated heterocycles. The van der Waals surface area contributed by atoms with E-state index in [0.717, 1.165) is 12.0 Å². The first-order valence-electron chi connectivity index (χ1n) is 7.04. The third-order valence-electron chi connectivity index (χ3n) is 2.94. The van der Waals surface area contributed by atoms with Gasteiger partial charge in [0.1, 0.15) is 0 Å². The molecule has 3 N–H and O–H groups in total. The number of ether oxygens (including phenoxy) is 2. The molecule has 1 rings (SSSR count). The molecule has 0 bridgehead atoms. The molecule has 0 aliphatic heterocycles. The summed E-state index contributed by atoms with van der Waals surface area (Å²) in [7, 11) is 1.53. The number of carbonyl (C=O) groups excluding carboxylic acids is 1. The van der Waals surface area contributed by atoms with E-state index in [0.29, 0.717) is 36.0 Å². The monoisotopic (exact) mass is 314 g/mol. The maximum atomic E-state index is 11.9. The fourth-order valence-corrected chi connectivity index (χ4v) is 2.10. The fourth-order valence-electron chi connectivity index (χ4n) is 1.82. The predicted octanol–water partition coefficient (Wildman–Crippen LogP) is 2.14. The first-order valence-corrected chi connectivity index (χ1v) is 7.42. The molecule has 1 unspecified atom stereocenters. The Morgan fingerprint density at radius 3 is 2.76 bits per heavy atom. The Hall–Kier alpha value is -1.46. The van der Waals surface area contributed by atoms with Crippen LogP contribution in [-0.4, -0.2) is 32.2 Å². The van der Waals surface area contributed by atoms with E-state index in [-0.39, 0.29) is 5.91 Å². The van der Waals surface area contributed by atoms with Gasteiger partial charge in [-0.05, 0) is 44.0 Å². The fraction of sp³-hybridized carbons (Fsp3) is 0.533. The zero-order valence-corrected chi connectivity index (χ0v) is 13.5. The SMILES string of the molecule is CCCNC(=O)C(C)Oc1c(Cl)cc(CCN)cc1OC. The van der Waals surface area contributed by atoms with Crippen molar-refractivity contribution in [2.75, 3.05) is 20.2 Å². The number of hydrogen-bond donors (Lipinski definition) is 2. The third-order valence-corrected chi connectivity index (χ3v) is 3.22. The molecule has 1 atom stereocenters. The van der Waals surface area contributed by atoms with Crippen LogP contribution in [0.4, 0.5) is 0 Å². The van der Waals surface area contributed by atoms with Gasteiger partial charge in [0.2, 0.25) is 0 Å². The normalized spacial score (nSPS) is 11.9. The van der Waals surface area contributed by atoms with Crippen LogP contribution < -0.4 is 20.5 Å². The van der Waals surface area contributed by atoms with Gasteiger partial charge in [-0.2, -0.15) is 0 Å². The van der Waals surface area contributed by atoms with Crippen molar-refractivity contribution in [1.29, 1.82) is 0 Å². The van der Waals surface area contributed by atoms with Crippen molar-refractivity contribution < 1.29 is 14.3 Å². The third kappa shape index (κ3) is 5.10. The Kier molecular flexibility index (Phi) is 7.32. The van der Waals surface area contributed by atoms with E-state index in [4.69, 9.17) is 26.8 Å². The van der Waals surface area contributed by atoms with E-state index in [1.165, 1.54) is 7.11 Å². The zero-order chi connectivity index (χ0) is 15.8. The summed E-state index contributed by atoms with van der Waals surface area (Å²) >= 11 is 6.22. The lowest BCUT2D eigenvalue weighted by Crippen LogP contribution is -2.36. The van der Waals surface area contributed by atoms with E-state index in [1.807, 2.05) is 13.0 Å². The minimum absolute atomic E-state index is 0.180. The number of carbonyl (C=O) groups is 1. The van der Waals surface area contributed by atoms with E-state index in [2.05, 4.69) is 5.32 Å². The van der Waals surface area contributed by atoms with Crippen LogP contribution in [0.2, 0.25) is 5.02 Å². The number of rotatable bonds is 8. The van der Waals surface area contributed by atoms with Crippen molar-refractivity contribution in [3.05, 3.63) is 22.7 Å². The molecule has 0 aliphatic carbocycles. The molecule has 0 radical (unpaired) electrons. The molecule has 5 nitrogen and oxygen atoms in total. The van der Waals surface area contributed by atoms with E-state index in [1.54, 1.807) is 13.0 Å². The smallest absolute Gasteiger partial charge is 0.260 e. The van der Waals surface area contributed by atoms with E-state index in [9.17, 15) is 4.79 Å². The maximum absolute atomic E-state index is 11.9. The molecule has 0 fully saturated rings. The van der Waals surface area contributed by atoms with Gasteiger partial charge in [0.05, 0.1) is 12.1 Å². The topological polar surface area (TPSA) is 73.6 Å². The second kappa shape index (κ2) is 8.74. The lowest BCUT2D eigenvalue weighted by atomic mass is 10.1. The molecule has 0 aromatic heterocycles. The molecule has 1 aromatic rings. The lowest BCUT2D eigenvalue weighted by Gasteiger charge is -2.18. The highest BCUT2D eigenvalue weighted by Gasteiger charge is 2.19. The van der Waals surface area contributed by atoms with Crippen LogP contribution in [0, 0.1) is 0 Å². The first kappa shape index (κ1) is 17.6. The molecule has 1 amide bonds. The van der Waals surface area contributed by atoms with Gasteiger partial charge in [-0.3, -0.25) is 4.79 Å². The number of hydrogen-bond acceptors (Lipinski definition) is 4. The van der Waals surface area contributed by atoms with Gasteiger partial charge in [-0.25, -0.2) is 0 Å². The Bertz CT molecular complexity index is 480. The Morgan fingerprint density at radius 1 is 1.48 bits per heavy atom. The van der Waals surface area contributed by atoms with Crippen molar-refractivity contribution in [3.63, 3.8) is 0 Å². The molecular weight excluding hydrogens is 292 g/mol. The summed E-state index contributed by atoms with van der Waals surface area (Å²) in [6.07, 6.45) is 0.919. The minimum atomic E-state index is -0.650. The molecular formula is C15H23ClN2O3. The number of nitrogens with two attached hydrogens (primary N) is 1. The minimum Gasteiger partial charge on any atom is -0.493 e. The predicted molar refractivity (Wildman–Crippen MR) is 84.2 cm³/mol. The van der Waals surface area contributed by atoms with Gasteiger partial charge >= 0.3 is 0 Å². The van der Waals surface area contributed by atoms with Gasteiger partial charge in [0.15, 0.2) is 17.6 Å². The average molecular weight is 315 g/mol. The largest absolute Gasteiger partial charge is 0.493 e. The Morgan fingerprint density at radius 2 is 2.19 bits per heavy atom. The van der Waals surface area contributed by atoms with Crippen molar-refractivity contribution in [3.8, 4) is 11.5 Å². The van der Waals surface area contributed by atoms with Gasteiger partial charge in [-0.1, -0.05) is 18.5 Å². The number of benzene rings is 1. The second-order valence-electron chi connectivity index (χ2n) is 4.70. The number of methoxy groups -OCH3 is 1. The highest BCUT2D eigenvalue weighted by Crippen LogP contribution is 2.37. The Labute approximate surface area is 130 Å².